The van der Waals surface area contributed by atoms with E-state index in [2.05, 4.69) is 16.0 Å². The molecule has 1 fully saturated rings. The second-order valence-corrected chi connectivity index (χ2v) is 9.13. The minimum absolute atomic E-state index is 0.00270. The van der Waals surface area contributed by atoms with Crippen molar-refractivity contribution in [2.75, 3.05) is 31.2 Å². The molecule has 4 aromatic rings. The maximum Gasteiger partial charge on any atom is 0.163 e. The van der Waals surface area contributed by atoms with E-state index in [1.807, 2.05) is 36.4 Å². The van der Waals surface area contributed by atoms with E-state index in [-0.39, 0.29) is 5.75 Å². The molecule has 1 unspecified atom stereocenters. The second kappa shape index (κ2) is 8.80. The zero-order chi connectivity index (χ0) is 21.2. The van der Waals surface area contributed by atoms with Crippen molar-refractivity contribution in [1.29, 1.82) is 0 Å². The van der Waals surface area contributed by atoms with Gasteiger partial charge >= 0.3 is 0 Å². The van der Waals surface area contributed by atoms with Crippen molar-refractivity contribution < 1.29 is 13.5 Å². The van der Waals surface area contributed by atoms with Crippen molar-refractivity contribution >= 4 is 38.5 Å². The van der Waals surface area contributed by atoms with Gasteiger partial charge in [0, 0.05) is 41.7 Å². The standard InChI is InChI=1S/C22H20N4O3S2/c27-31(28)14-15-3-1-4-16(11-15)19-12-18-20(30-19)22(26-7-9-29-10-8-26)25-21(24-18)17-5-2-6-23-13-17/h1-6,11-13H,7-10,14H2,(H,27,28)/p-1. The van der Waals surface area contributed by atoms with E-state index in [0.29, 0.717) is 19.0 Å². The Morgan fingerprint density at radius 1 is 1.10 bits per heavy atom. The first kappa shape index (κ1) is 20.2. The molecule has 0 aliphatic carbocycles. The third-order valence-corrected chi connectivity index (χ3v) is 6.82. The Kier molecular flexibility index (Phi) is 5.73. The number of ether oxygens (including phenoxy) is 1. The lowest BCUT2D eigenvalue weighted by atomic mass is 10.1. The summed E-state index contributed by atoms with van der Waals surface area (Å²) < 4.78 is 28.8. The molecule has 1 atom stereocenters. The fraction of sp³-hybridized carbons (Fsp3) is 0.227. The number of morpholine rings is 1. The second-order valence-electron chi connectivity index (χ2n) is 7.19. The Bertz CT molecular complexity index is 1240. The SMILES string of the molecule is O=S([O-])Cc1cccc(-c2cc3nc(-c4cccnc4)nc(N4CCOCC4)c3s2)c1. The molecule has 3 aromatic heterocycles. The van der Waals surface area contributed by atoms with Gasteiger partial charge in [-0.15, -0.1) is 11.3 Å². The molecule has 9 heteroatoms. The third-order valence-electron chi connectivity index (χ3n) is 5.08. The Morgan fingerprint density at radius 3 is 2.71 bits per heavy atom. The van der Waals surface area contributed by atoms with Gasteiger partial charge < -0.3 is 14.2 Å². The van der Waals surface area contributed by atoms with Crippen LogP contribution in [-0.4, -0.2) is 50.0 Å². The van der Waals surface area contributed by atoms with Gasteiger partial charge in [0.05, 0.1) is 23.4 Å². The molecule has 0 amide bonds. The van der Waals surface area contributed by atoms with E-state index in [0.717, 1.165) is 50.7 Å². The molecule has 1 aliphatic heterocycles. The van der Waals surface area contributed by atoms with Crippen molar-refractivity contribution in [1.82, 2.24) is 15.0 Å². The molecule has 0 saturated carbocycles. The Labute approximate surface area is 186 Å². The molecule has 158 valence electrons. The summed E-state index contributed by atoms with van der Waals surface area (Å²) in [5, 5.41) is 0. The topological polar surface area (TPSA) is 91.3 Å². The lowest BCUT2D eigenvalue weighted by Gasteiger charge is -2.28. The Morgan fingerprint density at radius 2 is 1.94 bits per heavy atom. The molecule has 1 saturated heterocycles. The molecule has 0 spiro atoms. The Hall–Kier alpha value is -2.72. The summed E-state index contributed by atoms with van der Waals surface area (Å²) in [6.07, 6.45) is 3.50. The average Bonchev–Trinajstić information content (AvgIpc) is 3.24. The predicted molar refractivity (Wildman–Crippen MR) is 122 cm³/mol. The molecule has 1 aromatic carbocycles. The van der Waals surface area contributed by atoms with E-state index in [4.69, 9.17) is 14.7 Å². The first-order valence-electron chi connectivity index (χ1n) is 9.87. The fourth-order valence-electron chi connectivity index (χ4n) is 3.62. The van der Waals surface area contributed by atoms with Crippen LogP contribution < -0.4 is 4.90 Å². The van der Waals surface area contributed by atoms with Gasteiger partial charge in [0.2, 0.25) is 0 Å². The third kappa shape index (κ3) is 4.35. The first-order valence-corrected chi connectivity index (χ1v) is 11.9. The minimum atomic E-state index is -2.12. The van der Waals surface area contributed by atoms with Gasteiger partial charge in [-0.05, 0) is 35.4 Å². The van der Waals surface area contributed by atoms with E-state index in [1.165, 1.54) is 0 Å². The van der Waals surface area contributed by atoms with E-state index in [9.17, 15) is 8.76 Å². The molecule has 5 rings (SSSR count). The summed E-state index contributed by atoms with van der Waals surface area (Å²) in [5.41, 5.74) is 3.47. The monoisotopic (exact) mass is 451 g/mol. The Balaban J connectivity index is 1.63. The normalized spacial score (nSPS) is 15.3. The van der Waals surface area contributed by atoms with Crippen LogP contribution >= 0.6 is 11.3 Å². The van der Waals surface area contributed by atoms with Crippen LogP contribution in [0.5, 0.6) is 0 Å². The van der Waals surface area contributed by atoms with Crippen LogP contribution in [0.1, 0.15) is 5.56 Å². The van der Waals surface area contributed by atoms with Gasteiger partial charge in [0.15, 0.2) is 11.6 Å². The van der Waals surface area contributed by atoms with E-state index < -0.39 is 11.1 Å². The fourth-order valence-corrected chi connectivity index (χ4v) is 5.18. The van der Waals surface area contributed by atoms with Crippen LogP contribution in [0.4, 0.5) is 5.82 Å². The number of thiophene rings is 1. The highest BCUT2D eigenvalue weighted by Gasteiger charge is 2.20. The number of anilines is 1. The number of nitrogens with zero attached hydrogens (tertiary/aromatic N) is 4. The molecule has 7 nitrogen and oxygen atoms in total. The lowest BCUT2D eigenvalue weighted by Crippen LogP contribution is -2.36. The highest BCUT2D eigenvalue weighted by molar-refractivity contribution is 7.78. The molecule has 31 heavy (non-hydrogen) atoms. The lowest BCUT2D eigenvalue weighted by molar-refractivity contribution is 0.122. The number of benzene rings is 1. The van der Waals surface area contributed by atoms with Gasteiger partial charge in [-0.3, -0.25) is 9.19 Å². The molecular weight excluding hydrogens is 432 g/mol. The van der Waals surface area contributed by atoms with Crippen LogP contribution in [0.25, 0.3) is 32.0 Å². The zero-order valence-electron chi connectivity index (χ0n) is 16.6. The van der Waals surface area contributed by atoms with Gasteiger partial charge in [-0.1, -0.05) is 29.3 Å². The first-order chi connectivity index (χ1) is 15.2. The quantitative estimate of drug-likeness (QED) is 0.428. The number of hydrogen-bond acceptors (Lipinski definition) is 8. The molecule has 1 aliphatic rings. The molecule has 0 bridgehead atoms. The minimum Gasteiger partial charge on any atom is -0.772 e. The zero-order valence-corrected chi connectivity index (χ0v) is 18.2. The number of fused-ring (bicyclic) bond motifs is 1. The summed E-state index contributed by atoms with van der Waals surface area (Å²) in [5.74, 6) is 1.55. The highest BCUT2D eigenvalue weighted by atomic mass is 32.2. The molecule has 0 radical (unpaired) electrons. The van der Waals surface area contributed by atoms with E-state index >= 15 is 0 Å². The van der Waals surface area contributed by atoms with E-state index in [1.54, 1.807) is 23.7 Å². The summed E-state index contributed by atoms with van der Waals surface area (Å²) in [4.78, 5) is 17.2. The van der Waals surface area contributed by atoms with Crippen molar-refractivity contribution in [3.05, 3.63) is 60.4 Å². The molecular formula is C22H19N4O3S2-. The van der Waals surface area contributed by atoms with Crippen LogP contribution in [0.3, 0.4) is 0 Å². The summed E-state index contributed by atoms with van der Waals surface area (Å²) in [6, 6.07) is 13.5. The molecule has 4 heterocycles. The van der Waals surface area contributed by atoms with Crippen molar-refractivity contribution in [2.45, 2.75) is 5.75 Å². The maximum atomic E-state index is 11.1. The number of rotatable bonds is 5. The average molecular weight is 452 g/mol. The van der Waals surface area contributed by atoms with Crippen LogP contribution in [-0.2, 0) is 21.6 Å². The van der Waals surface area contributed by atoms with Crippen LogP contribution in [0.2, 0.25) is 0 Å². The van der Waals surface area contributed by atoms with Crippen LogP contribution in [0.15, 0.2) is 54.9 Å². The summed E-state index contributed by atoms with van der Waals surface area (Å²) in [6.45, 7) is 2.88. The number of aromatic nitrogens is 3. The van der Waals surface area contributed by atoms with Crippen molar-refractivity contribution in [2.24, 2.45) is 0 Å². The maximum absolute atomic E-state index is 11.1. The van der Waals surface area contributed by atoms with Gasteiger partial charge in [0.1, 0.15) is 0 Å². The highest BCUT2D eigenvalue weighted by Crippen LogP contribution is 2.39. The summed E-state index contributed by atoms with van der Waals surface area (Å²) >= 11 is -0.496. The smallest absolute Gasteiger partial charge is 0.163 e. The van der Waals surface area contributed by atoms with Crippen molar-refractivity contribution in [3.63, 3.8) is 0 Å². The number of pyridine rings is 1. The summed E-state index contributed by atoms with van der Waals surface area (Å²) in [7, 11) is 0. The van der Waals surface area contributed by atoms with Crippen molar-refractivity contribution in [3.8, 4) is 21.8 Å². The van der Waals surface area contributed by atoms with Crippen LogP contribution in [0, 0.1) is 0 Å². The number of hydrogen-bond donors (Lipinski definition) is 0. The van der Waals surface area contributed by atoms with Gasteiger partial charge in [0.25, 0.3) is 0 Å². The largest absolute Gasteiger partial charge is 0.772 e. The molecule has 0 N–H and O–H groups in total. The predicted octanol–water partition coefficient (Wildman–Crippen LogP) is 3.64. The van der Waals surface area contributed by atoms with Gasteiger partial charge in [-0.25, -0.2) is 9.97 Å². The van der Waals surface area contributed by atoms with Gasteiger partial charge in [-0.2, -0.15) is 0 Å².